The molecule has 0 saturated carbocycles. The zero-order valence-electron chi connectivity index (χ0n) is 14.6. The van der Waals surface area contributed by atoms with Crippen LogP contribution < -0.4 is 15.0 Å². The van der Waals surface area contributed by atoms with Crippen LogP contribution >= 0.6 is 0 Å². The van der Waals surface area contributed by atoms with Gasteiger partial charge < -0.3 is 15.0 Å². The van der Waals surface area contributed by atoms with Crippen molar-refractivity contribution in [2.24, 2.45) is 0 Å². The summed E-state index contributed by atoms with van der Waals surface area (Å²) in [6.45, 7) is 12.0. The van der Waals surface area contributed by atoms with Crippen molar-refractivity contribution in [2.75, 3.05) is 23.3 Å². The minimum absolute atomic E-state index is 0.122. The highest BCUT2D eigenvalue weighted by Crippen LogP contribution is 2.28. The summed E-state index contributed by atoms with van der Waals surface area (Å²) < 4.78 is 5.85. The lowest BCUT2D eigenvalue weighted by Gasteiger charge is -2.20. The van der Waals surface area contributed by atoms with E-state index in [1.54, 1.807) is 0 Å². The Morgan fingerprint density at radius 3 is 2.48 bits per heavy atom. The van der Waals surface area contributed by atoms with Gasteiger partial charge in [-0.25, -0.2) is 4.98 Å². The number of nitrogens with one attached hydrogen (secondary N) is 1. The highest BCUT2D eigenvalue weighted by atomic mass is 16.5. The van der Waals surface area contributed by atoms with Crippen molar-refractivity contribution in [1.29, 1.82) is 0 Å². The van der Waals surface area contributed by atoms with Gasteiger partial charge in [0.1, 0.15) is 11.6 Å². The fourth-order valence-corrected chi connectivity index (χ4v) is 2.33. The molecule has 5 nitrogen and oxygen atoms in total. The minimum Gasteiger partial charge on any atom is -0.489 e. The molecule has 0 aliphatic heterocycles. The van der Waals surface area contributed by atoms with Gasteiger partial charge in [0.25, 0.3) is 0 Å². The molecule has 5 heteroatoms. The number of aromatic nitrogens is 2. The summed E-state index contributed by atoms with van der Waals surface area (Å²) >= 11 is 0. The quantitative estimate of drug-likeness (QED) is 0.831. The average molecular weight is 314 g/mol. The molecule has 0 fully saturated rings. The fraction of sp³-hybridized carbons (Fsp3) is 0.444. The number of nitrogens with zero attached hydrogens (tertiary/aromatic N) is 3. The van der Waals surface area contributed by atoms with Crippen LogP contribution in [0.2, 0.25) is 0 Å². The molecule has 0 unspecified atom stereocenters. The van der Waals surface area contributed by atoms with Crippen LogP contribution in [0.15, 0.2) is 30.3 Å². The Labute approximate surface area is 138 Å². The second-order valence-corrected chi connectivity index (χ2v) is 5.65. The third-order valence-electron chi connectivity index (χ3n) is 3.40. The number of para-hydroxylation sites is 2. The molecule has 0 radical (unpaired) electrons. The molecule has 124 valence electrons. The van der Waals surface area contributed by atoms with Gasteiger partial charge in [-0.1, -0.05) is 12.1 Å². The Kier molecular flexibility index (Phi) is 5.79. The van der Waals surface area contributed by atoms with Gasteiger partial charge in [-0.05, 0) is 46.8 Å². The number of anilines is 3. The summed E-state index contributed by atoms with van der Waals surface area (Å²) in [7, 11) is 0. The van der Waals surface area contributed by atoms with E-state index in [2.05, 4.69) is 34.0 Å². The summed E-state index contributed by atoms with van der Waals surface area (Å²) in [6, 6.07) is 9.84. The predicted octanol–water partition coefficient (Wildman–Crippen LogP) is 4.16. The Morgan fingerprint density at radius 2 is 1.83 bits per heavy atom. The number of ether oxygens (including phenoxy) is 1. The van der Waals surface area contributed by atoms with Crippen LogP contribution in [0.1, 0.15) is 33.4 Å². The molecule has 0 bridgehead atoms. The van der Waals surface area contributed by atoms with Gasteiger partial charge in [0, 0.05) is 24.8 Å². The summed E-state index contributed by atoms with van der Waals surface area (Å²) in [5.74, 6) is 2.35. The van der Waals surface area contributed by atoms with E-state index < -0.39 is 0 Å². The molecule has 0 aliphatic rings. The van der Waals surface area contributed by atoms with Gasteiger partial charge in [-0.2, -0.15) is 4.98 Å². The largest absolute Gasteiger partial charge is 0.489 e. The lowest BCUT2D eigenvalue weighted by Crippen LogP contribution is -2.24. The zero-order valence-corrected chi connectivity index (χ0v) is 14.6. The van der Waals surface area contributed by atoms with Crippen LogP contribution in [0.3, 0.4) is 0 Å². The van der Waals surface area contributed by atoms with E-state index in [1.807, 2.05) is 51.1 Å². The third-order valence-corrected chi connectivity index (χ3v) is 3.40. The summed E-state index contributed by atoms with van der Waals surface area (Å²) in [5, 5.41) is 3.36. The van der Waals surface area contributed by atoms with Crippen molar-refractivity contribution in [1.82, 2.24) is 9.97 Å². The second kappa shape index (κ2) is 7.81. The maximum Gasteiger partial charge on any atom is 0.227 e. The van der Waals surface area contributed by atoms with E-state index in [0.29, 0.717) is 0 Å². The molecule has 0 aliphatic carbocycles. The molecule has 1 aromatic carbocycles. The van der Waals surface area contributed by atoms with Gasteiger partial charge in [-0.3, -0.25) is 0 Å². The van der Waals surface area contributed by atoms with E-state index in [9.17, 15) is 0 Å². The van der Waals surface area contributed by atoms with Gasteiger partial charge in [0.2, 0.25) is 5.95 Å². The maximum atomic E-state index is 5.85. The normalized spacial score (nSPS) is 10.7. The summed E-state index contributed by atoms with van der Waals surface area (Å²) in [5.41, 5.74) is 1.84. The molecule has 0 atom stereocenters. The van der Waals surface area contributed by atoms with Gasteiger partial charge in [0.15, 0.2) is 0 Å². The molecule has 0 saturated heterocycles. The first kappa shape index (κ1) is 17.1. The number of hydrogen-bond donors (Lipinski definition) is 1. The molecule has 1 aromatic heterocycles. The average Bonchev–Trinajstić information content (AvgIpc) is 2.49. The van der Waals surface area contributed by atoms with Crippen molar-refractivity contribution in [3.63, 3.8) is 0 Å². The van der Waals surface area contributed by atoms with Gasteiger partial charge >= 0.3 is 0 Å². The van der Waals surface area contributed by atoms with E-state index in [0.717, 1.165) is 42.0 Å². The maximum absolute atomic E-state index is 5.85. The Bertz CT molecular complexity index is 639. The van der Waals surface area contributed by atoms with Gasteiger partial charge in [0.05, 0.1) is 11.8 Å². The zero-order chi connectivity index (χ0) is 16.8. The third kappa shape index (κ3) is 4.58. The van der Waals surface area contributed by atoms with Crippen LogP contribution in [-0.2, 0) is 0 Å². The van der Waals surface area contributed by atoms with Crippen molar-refractivity contribution in [2.45, 2.75) is 40.7 Å². The molecule has 1 N–H and O–H groups in total. The highest BCUT2D eigenvalue weighted by Gasteiger charge is 2.10. The Balaban J connectivity index is 2.30. The van der Waals surface area contributed by atoms with E-state index >= 15 is 0 Å². The van der Waals surface area contributed by atoms with E-state index in [4.69, 9.17) is 4.74 Å². The molecule has 0 spiro atoms. The Hall–Kier alpha value is -2.30. The standard InChI is InChI=1S/C18H26N4O/c1-6-22(7-2)18-19-14(5)12-17(21-18)20-15-10-8-9-11-16(15)23-13(3)4/h8-13H,6-7H2,1-5H3,(H,19,20,21). The summed E-state index contributed by atoms with van der Waals surface area (Å²) in [6.07, 6.45) is 0.122. The van der Waals surface area contributed by atoms with Crippen molar-refractivity contribution in [3.8, 4) is 5.75 Å². The van der Waals surface area contributed by atoms with E-state index in [1.165, 1.54) is 0 Å². The molecule has 23 heavy (non-hydrogen) atoms. The van der Waals surface area contributed by atoms with Crippen LogP contribution in [0.4, 0.5) is 17.5 Å². The van der Waals surface area contributed by atoms with Crippen LogP contribution in [-0.4, -0.2) is 29.2 Å². The van der Waals surface area contributed by atoms with Crippen molar-refractivity contribution < 1.29 is 4.74 Å². The smallest absolute Gasteiger partial charge is 0.227 e. The number of hydrogen-bond acceptors (Lipinski definition) is 5. The first-order chi connectivity index (χ1) is 11.0. The first-order valence-electron chi connectivity index (χ1n) is 8.16. The Morgan fingerprint density at radius 1 is 1.13 bits per heavy atom. The molecular formula is C18H26N4O. The SMILES string of the molecule is CCN(CC)c1nc(C)cc(Nc2ccccc2OC(C)C)n1. The molecule has 2 aromatic rings. The lowest BCUT2D eigenvalue weighted by molar-refractivity contribution is 0.244. The predicted molar refractivity (Wildman–Crippen MR) is 95.8 cm³/mol. The fourth-order valence-electron chi connectivity index (χ4n) is 2.33. The molecule has 0 amide bonds. The van der Waals surface area contributed by atoms with E-state index in [-0.39, 0.29) is 6.10 Å². The topological polar surface area (TPSA) is 50.3 Å². The van der Waals surface area contributed by atoms with Crippen molar-refractivity contribution >= 4 is 17.5 Å². The molecule has 2 rings (SSSR count). The van der Waals surface area contributed by atoms with Crippen molar-refractivity contribution in [3.05, 3.63) is 36.0 Å². The van der Waals surface area contributed by atoms with Gasteiger partial charge in [-0.15, -0.1) is 0 Å². The number of rotatable bonds is 7. The van der Waals surface area contributed by atoms with Crippen LogP contribution in [0.25, 0.3) is 0 Å². The van der Waals surface area contributed by atoms with Crippen LogP contribution in [0, 0.1) is 6.92 Å². The number of aryl methyl sites for hydroxylation is 1. The minimum atomic E-state index is 0.122. The molecule has 1 heterocycles. The monoisotopic (exact) mass is 314 g/mol. The second-order valence-electron chi connectivity index (χ2n) is 5.65. The summed E-state index contributed by atoms with van der Waals surface area (Å²) in [4.78, 5) is 11.3. The number of benzene rings is 1. The molecular weight excluding hydrogens is 288 g/mol. The lowest BCUT2D eigenvalue weighted by atomic mass is 10.3. The first-order valence-corrected chi connectivity index (χ1v) is 8.16. The highest BCUT2D eigenvalue weighted by molar-refractivity contribution is 5.64. The van der Waals surface area contributed by atoms with Crippen LogP contribution in [0.5, 0.6) is 5.75 Å².